The van der Waals surface area contributed by atoms with Crippen molar-refractivity contribution in [3.63, 3.8) is 0 Å². The molecule has 1 heterocycles. The maximum absolute atomic E-state index is 10.1. The highest BCUT2D eigenvalue weighted by molar-refractivity contribution is 6.21. The van der Waals surface area contributed by atoms with E-state index in [0.717, 1.165) is 45.2 Å². The average Bonchev–Trinajstić information content (AvgIpc) is 2.68. The van der Waals surface area contributed by atoms with Crippen LogP contribution in [0.3, 0.4) is 0 Å². The van der Waals surface area contributed by atoms with Gasteiger partial charge in [-0.1, -0.05) is 0 Å². The van der Waals surface area contributed by atoms with Crippen molar-refractivity contribution in [2.75, 3.05) is 13.1 Å². The molecule has 1 aliphatic heterocycles. The van der Waals surface area contributed by atoms with E-state index < -0.39 is 12.2 Å². The van der Waals surface area contributed by atoms with E-state index in [0.29, 0.717) is 24.2 Å². The second-order valence-electron chi connectivity index (χ2n) is 7.29. The summed E-state index contributed by atoms with van der Waals surface area (Å²) in [5, 5.41) is 33.1. The Morgan fingerprint density at radius 1 is 0.857 bits per heavy atom. The molecule has 0 bridgehead atoms. The predicted octanol–water partition coefficient (Wildman–Crippen LogP) is 1.11. The monoisotopic (exact) mass is 317 g/mol. The molecule has 0 radical (unpaired) electrons. The van der Waals surface area contributed by atoms with Crippen LogP contribution in [0.2, 0.25) is 0 Å². The molecule has 0 spiro atoms. The third-order valence-electron chi connectivity index (χ3n) is 6.12. The lowest BCUT2D eigenvalue weighted by atomic mass is 9.64. The molecule has 0 aromatic carbocycles. The van der Waals surface area contributed by atoms with Crippen LogP contribution in [0.4, 0.5) is 0 Å². The number of aliphatic hydroxyl groups is 3. The summed E-state index contributed by atoms with van der Waals surface area (Å²) in [6, 6.07) is 0. The predicted molar refractivity (Wildman–Crippen MR) is 82.2 cm³/mol. The Morgan fingerprint density at radius 3 is 2.29 bits per heavy atom. The second-order valence-corrected chi connectivity index (χ2v) is 7.79. The van der Waals surface area contributed by atoms with Gasteiger partial charge in [-0.25, -0.2) is 0 Å². The summed E-state index contributed by atoms with van der Waals surface area (Å²) in [6.07, 6.45) is 3.97. The minimum absolute atomic E-state index is 0.129. The van der Waals surface area contributed by atoms with Crippen molar-refractivity contribution in [2.45, 2.75) is 62.2 Å². The van der Waals surface area contributed by atoms with Crippen LogP contribution < -0.4 is 5.32 Å². The standard InChI is InChI=1S/C16H28ClNO3/c17-15-11-5-6-18-8-13(9-1-3-10(19)4-2-9)12(11)7-14(20)16(15)21/h9-16,18-21H,1-8H2. The lowest BCUT2D eigenvalue weighted by Gasteiger charge is -2.46. The van der Waals surface area contributed by atoms with E-state index in [9.17, 15) is 15.3 Å². The molecular formula is C16H28ClNO3. The van der Waals surface area contributed by atoms with Crippen molar-refractivity contribution >= 4 is 11.6 Å². The summed E-state index contributed by atoms with van der Waals surface area (Å²) in [7, 11) is 0. The lowest BCUT2D eigenvalue weighted by molar-refractivity contribution is -0.0628. The third-order valence-corrected chi connectivity index (χ3v) is 6.71. The van der Waals surface area contributed by atoms with Gasteiger partial charge < -0.3 is 20.6 Å². The topological polar surface area (TPSA) is 72.7 Å². The van der Waals surface area contributed by atoms with Crippen LogP contribution in [-0.2, 0) is 0 Å². The van der Waals surface area contributed by atoms with Crippen molar-refractivity contribution in [1.29, 1.82) is 0 Å². The summed E-state index contributed by atoms with van der Waals surface area (Å²) in [4.78, 5) is 0. The van der Waals surface area contributed by atoms with Gasteiger partial charge in [-0.05, 0) is 75.3 Å². The van der Waals surface area contributed by atoms with Crippen molar-refractivity contribution in [3.05, 3.63) is 0 Å². The van der Waals surface area contributed by atoms with Gasteiger partial charge in [-0.2, -0.15) is 0 Å². The number of hydrogen-bond acceptors (Lipinski definition) is 4. The molecule has 4 nitrogen and oxygen atoms in total. The number of halogens is 1. The Labute approximate surface area is 131 Å². The number of nitrogens with one attached hydrogen (secondary N) is 1. The molecule has 0 aromatic heterocycles. The van der Waals surface area contributed by atoms with E-state index in [-0.39, 0.29) is 17.4 Å². The van der Waals surface area contributed by atoms with Gasteiger partial charge in [0, 0.05) is 0 Å². The average molecular weight is 318 g/mol. The van der Waals surface area contributed by atoms with E-state index in [1.165, 1.54) is 0 Å². The Bertz CT molecular complexity index is 348. The lowest BCUT2D eigenvalue weighted by Crippen LogP contribution is -2.51. The Morgan fingerprint density at radius 2 is 1.57 bits per heavy atom. The molecule has 2 saturated carbocycles. The summed E-state index contributed by atoms with van der Waals surface area (Å²) in [6.45, 7) is 1.92. The van der Waals surface area contributed by atoms with Gasteiger partial charge in [-0.3, -0.25) is 0 Å². The van der Waals surface area contributed by atoms with Crippen LogP contribution in [0, 0.1) is 23.7 Å². The number of hydrogen-bond donors (Lipinski definition) is 4. The van der Waals surface area contributed by atoms with Crippen LogP contribution in [-0.4, -0.2) is 52.1 Å². The number of fused-ring (bicyclic) bond motifs is 1. The first kappa shape index (κ1) is 16.0. The third kappa shape index (κ3) is 3.25. The van der Waals surface area contributed by atoms with Crippen molar-refractivity contribution in [1.82, 2.24) is 5.32 Å². The van der Waals surface area contributed by atoms with Crippen LogP contribution in [0.15, 0.2) is 0 Å². The first-order valence-electron chi connectivity index (χ1n) is 8.47. The number of rotatable bonds is 1. The zero-order chi connectivity index (χ0) is 15.0. The molecular weight excluding hydrogens is 290 g/mol. The molecule has 3 rings (SSSR count). The van der Waals surface area contributed by atoms with Gasteiger partial charge in [-0.15, -0.1) is 11.6 Å². The highest BCUT2D eigenvalue weighted by atomic mass is 35.5. The van der Waals surface area contributed by atoms with Crippen molar-refractivity contribution < 1.29 is 15.3 Å². The van der Waals surface area contributed by atoms with E-state index >= 15 is 0 Å². The van der Waals surface area contributed by atoms with Gasteiger partial charge in [0.2, 0.25) is 0 Å². The maximum Gasteiger partial charge on any atom is 0.0965 e. The van der Waals surface area contributed by atoms with Gasteiger partial charge >= 0.3 is 0 Å². The minimum Gasteiger partial charge on any atom is -0.393 e. The smallest absolute Gasteiger partial charge is 0.0965 e. The van der Waals surface area contributed by atoms with Crippen LogP contribution >= 0.6 is 11.6 Å². The van der Waals surface area contributed by atoms with Crippen molar-refractivity contribution in [3.8, 4) is 0 Å². The molecule has 0 aromatic rings. The normalized spacial score (nSPS) is 52.0. The molecule has 6 unspecified atom stereocenters. The first-order valence-corrected chi connectivity index (χ1v) is 8.90. The summed E-state index contributed by atoms with van der Waals surface area (Å²) in [5.74, 6) is 1.80. The summed E-state index contributed by atoms with van der Waals surface area (Å²) < 4.78 is 0. The Kier molecular flexibility index (Phi) is 5.12. The zero-order valence-electron chi connectivity index (χ0n) is 12.5. The first-order chi connectivity index (χ1) is 10.1. The summed E-state index contributed by atoms with van der Waals surface area (Å²) >= 11 is 6.46. The Balaban J connectivity index is 1.76. The van der Waals surface area contributed by atoms with Crippen LogP contribution in [0.25, 0.3) is 0 Å². The fourth-order valence-corrected chi connectivity index (χ4v) is 5.38. The largest absolute Gasteiger partial charge is 0.393 e. The van der Waals surface area contributed by atoms with Gasteiger partial charge in [0.1, 0.15) is 0 Å². The van der Waals surface area contributed by atoms with Gasteiger partial charge in [0.15, 0.2) is 0 Å². The highest BCUT2D eigenvalue weighted by Crippen LogP contribution is 2.46. The molecule has 21 heavy (non-hydrogen) atoms. The quantitative estimate of drug-likeness (QED) is 0.547. The van der Waals surface area contributed by atoms with E-state index in [1.54, 1.807) is 0 Å². The van der Waals surface area contributed by atoms with Crippen LogP contribution in [0.5, 0.6) is 0 Å². The van der Waals surface area contributed by atoms with Gasteiger partial charge in [0.25, 0.3) is 0 Å². The number of alkyl halides is 1. The summed E-state index contributed by atoms with van der Waals surface area (Å²) in [5.41, 5.74) is 0. The molecule has 6 atom stereocenters. The SMILES string of the molecule is OC1CCC(C2CNCCC3C(Cl)C(O)C(O)CC23)CC1. The van der Waals surface area contributed by atoms with E-state index in [1.807, 2.05) is 0 Å². The minimum atomic E-state index is -0.792. The molecule has 3 fully saturated rings. The van der Waals surface area contributed by atoms with E-state index in [4.69, 9.17) is 11.6 Å². The molecule has 3 aliphatic rings. The fraction of sp³-hybridized carbons (Fsp3) is 1.00. The molecule has 4 N–H and O–H groups in total. The highest BCUT2D eigenvalue weighted by Gasteiger charge is 2.47. The number of aliphatic hydroxyl groups excluding tert-OH is 3. The molecule has 122 valence electrons. The van der Waals surface area contributed by atoms with E-state index in [2.05, 4.69) is 5.32 Å². The molecule has 5 heteroatoms. The van der Waals surface area contributed by atoms with Crippen molar-refractivity contribution in [2.24, 2.45) is 23.7 Å². The fourth-order valence-electron chi connectivity index (χ4n) is 4.90. The molecule has 0 amide bonds. The maximum atomic E-state index is 10.1. The zero-order valence-corrected chi connectivity index (χ0v) is 13.3. The second kappa shape index (κ2) is 6.71. The molecule has 1 saturated heterocycles. The van der Waals surface area contributed by atoms with Gasteiger partial charge in [0.05, 0.1) is 23.7 Å². The Hall–Kier alpha value is 0.130. The van der Waals surface area contributed by atoms with Crippen LogP contribution in [0.1, 0.15) is 38.5 Å². The molecule has 2 aliphatic carbocycles.